The van der Waals surface area contributed by atoms with Gasteiger partial charge in [0.25, 0.3) is 5.91 Å². The van der Waals surface area contributed by atoms with Crippen LogP contribution in [0, 0.1) is 40.9 Å². The number of nitrogens with one attached hydrogen (secondary N) is 3. The van der Waals surface area contributed by atoms with Gasteiger partial charge < -0.3 is 30.9 Å². The molecule has 0 aromatic heterocycles. The van der Waals surface area contributed by atoms with E-state index >= 15 is 0 Å². The van der Waals surface area contributed by atoms with E-state index in [2.05, 4.69) is 16.0 Å². The number of ether oxygens (including phenoxy) is 1. The molecule has 0 saturated carbocycles. The van der Waals surface area contributed by atoms with Crippen LogP contribution >= 0.6 is 0 Å². The number of carbonyl (C=O) groups is 4. The van der Waals surface area contributed by atoms with Crippen molar-refractivity contribution in [2.45, 2.75) is 64.4 Å². The second-order valence-electron chi connectivity index (χ2n) is 10.5. The van der Waals surface area contributed by atoms with Crippen LogP contribution in [0.25, 0.3) is 0 Å². The van der Waals surface area contributed by atoms with E-state index in [1.165, 1.54) is 31.2 Å². The zero-order valence-electron chi connectivity index (χ0n) is 23.4. The van der Waals surface area contributed by atoms with E-state index in [4.69, 9.17) is 4.74 Å². The zero-order chi connectivity index (χ0) is 32.3. The van der Waals surface area contributed by atoms with Crippen LogP contribution in [0.4, 0.5) is 22.0 Å². The van der Waals surface area contributed by atoms with Crippen molar-refractivity contribution < 1.29 is 56.1 Å². The van der Waals surface area contributed by atoms with Gasteiger partial charge in [-0.15, -0.1) is 0 Å². The van der Waals surface area contributed by atoms with Crippen molar-refractivity contribution in [3.63, 3.8) is 0 Å². The van der Waals surface area contributed by atoms with Crippen LogP contribution in [0.5, 0.6) is 5.75 Å². The molecule has 2 aromatic rings. The van der Waals surface area contributed by atoms with Crippen LogP contribution in [0.3, 0.4) is 0 Å². The molecule has 0 radical (unpaired) electrons. The molecule has 3 amide bonds. The van der Waals surface area contributed by atoms with Gasteiger partial charge in [0.15, 0.2) is 23.3 Å². The maximum absolute atomic E-state index is 14.6. The Morgan fingerprint density at radius 3 is 2.05 bits per heavy atom. The number of hydrogen-bond donors (Lipinski definition) is 5. The minimum absolute atomic E-state index is 0.279. The Labute approximate surface area is 242 Å². The molecular formula is C28H30F5N3O7. The van der Waals surface area contributed by atoms with E-state index in [0.29, 0.717) is 0 Å². The molecule has 2 aromatic carbocycles. The average molecular weight is 616 g/mol. The first kappa shape index (κ1) is 33.2. The van der Waals surface area contributed by atoms with Crippen molar-refractivity contribution in [1.82, 2.24) is 16.0 Å². The largest absolute Gasteiger partial charge is 0.507 e. The highest BCUT2D eigenvalue weighted by molar-refractivity contribution is 6.00. The summed E-state index contributed by atoms with van der Waals surface area (Å²) in [6.45, 7) is 5.46. The van der Waals surface area contributed by atoms with Crippen molar-refractivity contribution in [3.8, 4) is 5.75 Å². The number of benzene rings is 2. The summed E-state index contributed by atoms with van der Waals surface area (Å²) in [5.74, 6) is -18.1. The van der Waals surface area contributed by atoms with Crippen molar-refractivity contribution in [2.24, 2.45) is 11.8 Å². The summed E-state index contributed by atoms with van der Waals surface area (Å²) in [5, 5.41) is 28.0. The van der Waals surface area contributed by atoms with Gasteiger partial charge in [-0.1, -0.05) is 32.9 Å². The second-order valence-corrected chi connectivity index (χ2v) is 10.5. The van der Waals surface area contributed by atoms with Gasteiger partial charge in [-0.25, -0.2) is 26.7 Å². The average Bonchev–Trinajstić information content (AvgIpc) is 2.96. The molecule has 3 rings (SSSR count). The lowest BCUT2D eigenvalue weighted by Crippen LogP contribution is -2.61. The Morgan fingerprint density at radius 2 is 1.49 bits per heavy atom. The number of aliphatic hydroxyl groups is 1. The number of aliphatic hydroxyl groups excluding tert-OH is 1. The van der Waals surface area contributed by atoms with Gasteiger partial charge in [0.1, 0.15) is 23.9 Å². The molecule has 1 heterocycles. The van der Waals surface area contributed by atoms with Crippen LogP contribution in [-0.4, -0.2) is 64.2 Å². The summed E-state index contributed by atoms with van der Waals surface area (Å²) in [4.78, 5) is 52.4. The number of rotatable bonds is 5. The van der Waals surface area contributed by atoms with Crippen LogP contribution in [0.15, 0.2) is 24.3 Å². The lowest BCUT2D eigenvalue weighted by atomic mass is 9.90. The topological polar surface area (TPSA) is 154 Å². The first-order valence-corrected chi connectivity index (χ1v) is 13.1. The molecule has 5 N–H and O–H groups in total. The first-order valence-electron chi connectivity index (χ1n) is 13.1. The maximum Gasteiger partial charge on any atom is 0.329 e. The number of phenolic OH excluding ortho intramolecular Hbond substituents is 1. The fourth-order valence-corrected chi connectivity index (χ4v) is 4.47. The number of para-hydroxylation sites is 1. The predicted octanol–water partition coefficient (Wildman–Crippen LogP) is 2.00. The van der Waals surface area contributed by atoms with Gasteiger partial charge >= 0.3 is 5.97 Å². The maximum atomic E-state index is 14.6. The minimum atomic E-state index is -2.42. The van der Waals surface area contributed by atoms with E-state index in [1.54, 1.807) is 13.8 Å². The molecule has 10 nitrogen and oxygen atoms in total. The molecular weight excluding hydrogens is 585 g/mol. The normalized spacial score (nSPS) is 25.2. The highest BCUT2D eigenvalue weighted by atomic mass is 19.2. The molecule has 1 aliphatic rings. The van der Waals surface area contributed by atoms with E-state index in [9.17, 15) is 51.3 Å². The molecule has 6 atom stereocenters. The van der Waals surface area contributed by atoms with E-state index in [-0.39, 0.29) is 5.56 Å². The summed E-state index contributed by atoms with van der Waals surface area (Å²) in [6.07, 6.45) is -4.67. The molecule has 0 aliphatic carbocycles. The quantitative estimate of drug-likeness (QED) is 0.149. The number of carbonyl (C=O) groups excluding carboxylic acids is 4. The molecule has 43 heavy (non-hydrogen) atoms. The Hall–Kier alpha value is -4.27. The molecule has 1 saturated heterocycles. The standard InChI is InChI=1S/C28H30F5N3O7/c1-10(2)22-28(42)43-12(4)23(36-26(40)13-7-5-6-8-16(13)37)27(41)34-15(24(38)11(3)25(39)35-22)9-14-17(29)19(31)21(33)20(32)18(14)30/h5-8,10-12,15,22-24,37-38H,9H2,1-4H3,(H,34,41)(H,35,39)(H,36,40). The van der Waals surface area contributed by atoms with Crippen LogP contribution < -0.4 is 16.0 Å². The van der Waals surface area contributed by atoms with Crippen molar-refractivity contribution in [3.05, 3.63) is 64.5 Å². The van der Waals surface area contributed by atoms with Crippen molar-refractivity contribution in [2.75, 3.05) is 0 Å². The first-order chi connectivity index (χ1) is 20.1. The fraction of sp³-hybridized carbons (Fsp3) is 0.429. The van der Waals surface area contributed by atoms with E-state index < -0.39 is 113 Å². The summed E-state index contributed by atoms with van der Waals surface area (Å²) in [7, 11) is 0. The Morgan fingerprint density at radius 1 is 0.930 bits per heavy atom. The van der Waals surface area contributed by atoms with Gasteiger partial charge in [-0.05, 0) is 25.0 Å². The minimum Gasteiger partial charge on any atom is -0.507 e. The molecule has 15 heteroatoms. The van der Waals surface area contributed by atoms with E-state index in [1.807, 2.05) is 0 Å². The van der Waals surface area contributed by atoms with Crippen LogP contribution in [-0.2, 0) is 25.5 Å². The highest BCUT2D eigenvalue weighted by Crippen LogP contribution is 2.26. The Balaban J connectivity index is 2.10. The number of amides is 3. The number of phenols is 1. The third kappa shape index (κ3) is 7.04. The van der Waals surface area contributed by atoms with Gasteiger partial charge in [0.2, 0.25) is 17.6 Å². The molecule has 6 unspecified atom stereocenters. The number of halogens is 5. The van der Waals surface area contributed by atoms with Crippen LogP contribution in [0.1, 0.15) is 43.6 Å². The predicted molar refractivity (Wildman–Crippen MR) is 139 cm³/mol. The Bertz CT molecular complexity index is 1390. The van der Waals surface area contributed by atoms with Crippen molar-refractivity contribution >= 4 is 23.7 Å². The summed E-state index contributed by atoms with van der Waals surface area (Å²) in [6, 6.07) is 0.282. The van der Waals surface area contributed by atoms with Crippen LogP contribution in [0.2, 0.25) is 0 Å². The molecule has 0 spiro atoms. The number of esters is 1. The van der Waals surface area contributed by atoms with Gasteiger partial charge in [0.05, 0.1) is 23.6 Å². The third-order valence-corrected chi connectivity index (χ3v) is 7.10. The fourth-order valence-electron chi connectivity index (χ4n) is 4.47. The SMILES string of the molecule is CC(C)C1NC(=O)C(C)C(O)C(Cc2c(F)c(F)c(F)c(F)c2F)NC(=O)C(NC(=O)c2ccccc2O)C(C)OC1=O. The highest BCUT2D eigenvalue weighted by Gasteiger charge is 2.40. The molecule has 1 aliphatic heterocycles. The molecule has 1 fully saturated rings. The third-order valence-electron chi connectivity index (χ3n) is 7.10. The lowest BCUT2D eigenvalue weighted by molar-refractivity contribution is -0.157. The smallest absolute Gasteiger partial charge is 0.329 e. The molecule has 0 bridgehead atoms. The monoisotopic (exact) mass is 615 g/mol. The zero-order valence-corrected chi connectivity index (χ0v) is 23.4. The number of hydrogen-bond acceptors (Lipinski definition) is 7. The number of aromatic hydroxyl groups is 1. The molecule has 234 valence electrons. The Kier molecular flexibility index (Phi) is 10.3. The number of cyclic esters (lactones) is 1. The summed E-state index contributed by atoms with van der Waals surface area (Å²) >= 11 is 0. The lowest BCUT2D eigenvalue weighted by Gasteiger charge is -2.34. The van der Waals surface area contributed by atoms with Gasteiger partial charge in [-0.3, -0.25) is 14.4 Å². The summed E-state index contributed by atoms with van der Waals surface area (Å²) in [5.41, 5.74) is -1.66. The van der Waals surface area contributed by atoms with Crippen molar-refractivity contribution in [1.29, 1.82) is 0 Å². The van der Waals surface area contributed by atoms with Gasteiger partial charge in [-0.2, -0.15) is 0 Å². The summed E-state index contributed by atoms with van der Waals surface area (Å²) < 4.78 is 76.1. The van der Waals surface area contributed by atoms with Gasteiger partial charge in [0, 0.05) is 12.0 Å². The second kappa shape index (κ2) is 13.4. The van der Waals surface area contributed by atoms with E-state index in [0.717, 1.165) is 6.92 Å².